The highest BCUT2D eigenvalue weighted by atomic mass is 35.5. The number of anilines is 3. The van der Waals surface area contributed by atoms with Crippen LogP contribution in [0, 0.1) is 0 Å². The Balaban J connectivity index is 1.64. The minimum absolute atomic E-state index is 0.278. The van der Waals surface area contributed by atoms with Crippen LogP contribution < -0.4 is 10.6 Å². The van der Waals surface area contributed by atoms with Gasteiger partial charge in [-0.3, -0.25) is 4.79 Å². The van der Waals surface area contributed by atoms with Crippen LogP contribution in [0.4, 0.5) is 17.3 Å². The van der Waals surface area contributed by atoms with Crippen LogP contribution in [0.1, 0.15) is 10.4 Å². The van der Waals surface area contributed by atoms with Gasteiger partial charge in [0.15, 0.2) is 11.6 Å². The Bertz CT molecular complexity index is 834. The maximum atomic E-state index is 12.1. The number of rotatable bonds is 4. The van der Waals surface area contributed by atoms with E-state index >= 15 is 0 Å². The fraction of sp³-hybridized carbons (Fsp3) is 0. The van der Waals surface area contributed by atoms with Crippen molar-refractivity contribution in [1.29, 1.82) is 0 Å². The van der Waals surface area contributed by atoms with E-state index in [0.29, 0.717) is 27.2 Å². The Kier molecular flexibility index (Phi) is 4.93. The van der Waals surface area contributed by atoms with E-state index < -0.39 is 0 Å². The van der Waals surface area contributed by atoms with E-state index in [4.69, 9.17) is 23.2 Å². The van der Waals surface area contributed by atoms with Gasteiger partial charge < -0.3 is 10.6 Å². The smallest absolute Gasteiger partial charge is 0.256 e. The third-order valence-electron chi connectivity index (χ3n) is 3.13. The summed E-state index contributed by atoms with van der Waals surface area (Å²) >= 11 is 11.6. The molecule has 1 heterocycles. The van der Waals surface area contributed by atoms with Gasteiger partial charge >= 0.3 is 0 Å². The molecule has 0 saturated heterocycles. The molecule has 0 atom stereocenters. The summed E-state index contributed by atoms with van der Waals surface area (Å²) < 4.78 is 0. The first-order valence-corrected chi connectivity index (χ1v) is 7.79. The average Bonchev–Trinajstić information content (AvgIpc) is 2.59. The number of hydrogen-bond acceptors (Lipinski definition) is 4. The SMILES string of the molecule is O=C(Nc1ccc(Nc2ccc(Cl)cc2)nn1)c1ccc(Cl)cc1. The summed E-state index contributed by atoms with van der Waals surface area (Å²) in [5.74, 6) is 0.637. The van der Waals surface area contributed by atoms with Crippen LogP contribution in [0.15, 0.2) is 60.7 Å². The van der Waals surface area contributed by atoms with E-state index in [1.54, 1.807) is 48.5 Å². The van der Waals surface area contributed by atoms with E-state index in [-0.39, 0.29) is 5.91 Å². The van der Waals surface area contributed by atoms with Crippen molar-refractivity contribution in [3.63, 3.8) is 0 Å². The second-order valence-electron chi connectivity index (χ2n) is 4.90. The maximum absolute atomic E-state index is 12.1. The summed E-state index contributed by atoms with van der Waals surface area (Å²) in [5, 5.41) is 15.0. The molecule has 0 radical (unpaired) electrons. The Morgan fingerprint density at radius 1 is 0.750 bits per heavy atom. The highest BCUT2D eigenvalue weighted by molar-refractivity contribution is 6.31. The lowest BCUT2D eigenvalue weighted by molar-refractivity contribution is 0.102. The molecule has 0 bridgehead atoms. The van der Waals surface area contributed by atoms with Crippen molar-refractivity contribution in [3.05, 3.63) is 76.3 Å². The third-order valence-corrected chi connectivity index (χ3v) is 3.63. The molecule has 0 aliphatic carbocycles. The Labute approximate surface area is 148 Å². The van der Waals surface area contributed by atoms with Crippen molar-refractivity contribution in [2.75, 3.05) is 10.6 Å². The highest BCUT2D eigenvalue weighted by Crippen LogP contribution is 2.18. The number of amides is 1. The van der Waals surface area contributed by atoms with Gasteiger partial charge in [0.2, 0.25) is 0 Å². The monoisotopic (exact) mass is 358 g/mol. The predicted molar refractivity (Wildman–Crippen MR) is 96.2 cm³/mol. The zero-order valence-corrected chi connectivity index (χ0v) is 13.8. The fourth-order valence-electron chi connectivity index (χ4n) is 1.94. The Morgan fingerprint density at radius 2 is 1.29 bits per heavy atom. The second-order valence-corrected chi connectivity index (χ2v) is 5.77. The standard InChI is InChI=1S/C17H12Cl2N4O/c18-12-3-1-11(2-4-12)17(24)21-16-10-9-15(22-23-16)20-14-7-5-13(19)6-8-14/h1-10H,(H,20,22)(H,21,23,24). The summed E-state index contributed by atoms with van der Waals surface area (Å²) in [5.41, 5.74) is 1.33. The van der Waals surface area contributed by atoms with Gasteiger partial charge in [0.1, 0.15) is 0 Å². The summed E-state index contributed by atoms with van der Waals surface area (Å²) in [6, 6.07) is 17.2. The van der Waals surface area contributed by atoms with Crippen LogP contribution in [0.5, 0.6) is 0 Å². The van der Waals surface area contributed by atoms with Gasteiger partial charge in [0, 0.05) is 21.3 Å². The van der Waals surface area contributed by atoms with Crippen molar-refractivity contribution in [3.8, 4) is 0 Å². The molecule has 0 aliphatic heterocycles. The van der Waals surface area contributed by atoms with E-state index in [9.17, 15) is 4.79 Å². The molecule has 24 heavy (non-hydrogen) atoms. The summed E-state index contributed by atoms with van der Waals surface area (Å²) in [4.78, 5) is 12.1. The molecule has 120 valence electrons. The van der Waals surface area contributed by atoms with Crippen LogP contribution >= 0.6 is 23.2 Å². The van der Waals surface area contributed by atoms with Gasteiger partial charge in [-0.1, -0.05) is 23.2 Å². The van der Waals surface area contributed by atoms with Crippen LogP contribution in [0.3, 0.4) is 0 Å². The number of carbonyl (C=O) groups excluding carboxylic acids is 1. The minimum Gasteiger partial charge on any atom is -0.339 e. The summed E-state index contributed by atoms with van der Waals surface area (Å²) in [6.45, 7) is 0. The normalized spacial score (nSPS) is 10.2. The van der Waals surface area contributed by atoms with Gasteiger partial charge in [0.25, 0.3) is 5.91 Å². The maximum Gasteiger partial charge on any atom is 0.256 e. The topological polar surface area (TPSA) is 66.9 Å². The van der Waals surface area contributed by atoms with Crippen LogP contribution in [-0.4, -0.2) is 16.1 Å². The van der Waals surface area contributed by atoms with Gasteiger partial charge in [-0.2, -0.15) is 0 Å². The van der Waals surface area contributed by atoms with Gasteiger partial charge in [-0.15, -0.1) is 10.2 Å². The molecule has 0 aliphatic rings. The van der Waals surface area contributed by atoms with Gasteiger partial charge in [-0.05, 0) is 60.7 Å². The van der Waals surface area contributed by atoms with Crippen LogP contribution in [-0.2, 0) is 0 Å². The van der Waals surface area contributed by atoms with E-state index in [2.05, 4.69) is 20.8 Å². The first-order valence-electron chi connectivity index (χ1n) is 7.03. The predicted octanol–water partition coefficient (Wildman–Crippen LogP) is 4.78. The number of hydrogen-bond donors (Lipinski definition) is 2. The number of nitrogens with zero attached hydrogens (tertiary/aromatic N) is 2. The lowest BCUT2D eigenvalue weighted by Crippen LogP contribution is -2.13. The van der Waals surface area contributed by atoms with Gasteiger partial charge in [-0.25, -0.2) is 0 Å². The molecule has 1 amide bonds. The molecule has 2 aromatic carbocycles. The minimum atomic E-state index is -0.278. The van der Waals surface area contributed by atoms with E-state index in [0.717, 1.165) is 5.69 Å². The molecule has 3 aromatic rings. The van der Waals surface area contributed by atoms with Crippen molar-refractivity contribution in [1.82, 2.24) is 10.2 Å². The number of nitrogens with one attached hydrogen (secondary N) is 2. The second kappa shape index (κ2) is 7.29. The lowest BCUT2D eigenvalue weighted by atomic mass is 10.2. The van der Waals surface area contributed by atoms with Crippen molar-refractivity contribution in [2.45, 2.75) is 0 Å². The number of carbonyl (C=O) groups is 1. The lowest BCUT2D eigenvalue weighted by Gasteiger charge is -2.07. The zero-order chi connectivity index (χ0) is 16.9. The molecule has 0 unspecified atom stereocenters. The Hall–Kier alpha value is -2.63. The largest absolute Gasteiger partial charge is 0.339 e. The molecular formula is C17H12Cl2N4O. The van der Waals surface area contributed by atoms with Crippen LogP contribution in [0.25, 0.3) is 0 Å². The van der Waals surface area contributed by atoms with Gasteiger partial charge in [0.05, 0.1) is 0 Å². The first-order chi connectivity index (χ1) is 11.6. The molecule has 0 spiro atoms. The molecule has 7 heteroatoms. The van der Waals surface area contributed by atoms with Crippen molar-refractivity contribution in [2.24, 2.45) is 0 Å². The summed E-state index contributed by atoms with van der Waals surface area (Å²) in [6.07, 6.45) is 0. The molecule has 3 rings (SSSR count). The number of halogens is 2. The Morgan fingerprint density at radius 3 is 1.88 bits per heavy atom. The molecular weight excluding hydrogens is 347 g/mol. The summed E-state index contributed by atoms with van der Waals surface area (Å²) in [7, 11) is 0. The average molecular weight is 359 g/mol. The first kappa shape index (κ1) is 16.2. The van der Waals surface area contributed by atoms with Crippen molar-refractivity contribution < 1.29 is 4.79 Å². The zero-order valence-electron chi connectivity index (χ0n) is 12.3. The fourth-order valence-corrected chi connectivity index (χ4v) is 2.19. The number of benzene rings is 2. The number of aromatic nitrogens is 2. The molecule has 0 fully saturated rings. The van der Waals surface area contributed by atoms with E-state index in [1.807, 2.05) is 12.1 Å². The quantitative estimate of drug-likeness (QED) is 0.704. The molecule has 2 N–H and O–H groups in total. The molecule has 5 nitrogen and oxygen atoms in total. The highest BCUT2D eigenvalue weighted by Gasteiger charge is 2.07. The van der Waals surface area contributed by atoms with Crippen LogP contribution in [0.2, 0.25) is 10.0 Å². The molecule has 0 saturated carbocycles. The van der Waals surface area contributed by atoms with E-state index in [1.165, 1.54) is 0 Å². The molecule has 1 aromatic heterocycles. The van der Waals surface area contributed by atoms with Crippen molar-refractivity contribution >= 4 is 46.4 Å². The third kappa shape index (κ3) is 4.22.